The van der Waals surface area contributed by atoms with Gasteiger partial charge in [0.25, 0.3) is 11.8 Å². The van der Waals surface area contributed by atoms with Crippen molar-refractivity contribution in [2.45, 2.75) is 24.2 Å². The van der Waals surface area contributed by atoms with Crippen molar-refractivity contribution in [1.82, 2.24) is 4.31 Å². The molecule has 0 spiro atoms. The molecule has 1 heterocycles. The molecule has 11 heteroatoms. The molecule has 2 aromatic rings. The number of carbonyl (C=O) groups excluding carboxylic acids is 3. The van der Waals surface area contributed by atoms with E-state index in [4.69, 9.17) is 10.5 Å². The number of amides is 2. The van der Waals surface area contributed by atoms with E-state index >= 15 is 0 Å². The van der Waals surface area contributed by atoms with Crippen molar-refractivity contribution in [2.24, 2.45) is 5.73 Å². The summed E-state index contributed by atoms with van der Waals surface area (Å²) in [5.74, 6) is -1.98. The molecule has 30 heavy (non-hydrogen) atoms. The Labute approximate surface area is 177 Å². The summed E-state index contributed by atoms with van der Waals surface area (Å²) < 4.78 is 30.2. The number of nitrogens with one attached hydrogen (secondary N) is 1. The Morgan fingerprint density at radius 3 is 2.43 bits per heavy atom. The van der Waals surface area contributed by atoms with Crippen LogP contribution in [0.2, 0.25) is 0 Å². The standard InChI is InChI=1S/C19H21N3O6S2/c1-22(2)30(26,27)12-8-6-11(7-9-12)19(25)28-10-15(23)21-18-16(17(20)24)13-4-3-5-14(13)29-18/h6-9H,3-5,10H2,1-2H3,(H2,20,24)(H,21,23). The van der Waals surface area contributed by atoms with E-state index in [0.29, 0.717) is 10.6 Å². The molecule has 2 amide bonds. The fourth-order valence-electron chi connectivity index (χ4n) is 3.10. The summed E-state index contributed by atoms with van der Waals surface area (Å²) >= 11 is 1.31. The lowest BCUT2D eigenvalue weighted by atomic mass is 10.1. The lowest BCUT2D eigenvalue weighted by molar-refractivity contribution is -0.119. The molecule has 0 radical (unpaired) electrons. The number of ether oxygens (including phenoxy) is 1. The van der Waals surface area contributed by atoms with Gasteiger partial charge in [0.1, 0.15) is 5.00 Å². The molecule has 9 nitrogen and oxygen atoms in total. The number of hydrogen-bond donors (Lipinski definition) is 2. The van der Waals surface area contributed by atoms with Gasteiger partial charge in [0.15, 0.2) is 6.61 Å². The highest BCUT2D eigenvalue weighted by Gasteiger charge is 2.26. The van der Waals surface area contributed by atoms with Gasteiger partial charge in [0.2, 0.25) is 10.0 Å². The van der Waals surface area contributed by atoms with Crippen LogP contribution >= 0.6 is 11.3 Å². The van der Waals surface area contributed by atoms with Crippen molar-refractivity contribution < 1.29 is 27.5 Å². The number of hydrogen-bond acceptors (Lipinski definition) is 7. The molecule has 0 saturated heterocycles. The Balaban J connectivity index is 1.62. The Kier molecular flexibility index (Phi) is 6.25. The van der Waals surface area contributed by atoms with Gasteiger partial charge in [-0.3, -0.25) is 9.59 Å². The summed E-state index contributed by atoms with van der Waals surface area (Å²) in [4.78, 5) is 37.2. The third kappa shape index (κ3) is 4.37. The highest BCUT2D eigenvalue weighted by atomic mass is 32.2. The van der Waals surface area contributed by atoms with Crippen molar-refractivity contribution in [1.29, 1.82) is 0 Å². The maximum Gasteiger partial charge on any atom is 0.338 e. The first kappa shape index (κ1) is 21.9. The number of thiophene rings is 1. The number of nitrogens with zero attached hydrogens (tertiary/aromatic N) is 1. The van der Waals surface area contributed by atoms with E-state index in [0.717, 1.165) is 34.0 Å². The van der Waals surface area contributed by atoms with Crippen molar-refractivity contribution >= 4 is 44.1 Å². The van der Waals surface area contributed by atoms with E-state index in [-0.39, 0.29) is 10.5 Å². The first-order valence-electron chi connectivity index (χ1n) is 9.05. The molecule has 3 rings (SSSR count). The molecule has 0 bridgehead atoms. The Bertz CT molecular complexity index is 1100. The zero-order valence-corrected chi connectivity index (χ0v) is 18.1. The van der Waals surface area contributed by atoms with Gasteiger partial charge in [0.05, 0.1) is 16.0 Å². The molecule has 1 aromatic carbocycles. The average Bonchev–Trinajstić information content (AvgIpc) is 3.26. The fraction of sp³-hybridized carbons (Fsp3) is 0.316. The molecule has 0 saturated carbocycles. The van der Waals surface area contributed by atoms with Crippen molar-refractivity contribution in [3.63, 3.8) is 0 Å². The van der Waals surface area contributed by atoms with Crippen LogP contribution in [0.15, 0.2) is 29.2 Å². The normalized spacial score (nSPS) is 13.2. The number of carbonyl (C=O) groups is 3. The van der Waals surface area contributed by atoms with Crippen LogP contribution in [0.5, 0.6) is 0 Å². The predicted octanol–water partition coefficient (Wildman–Crippen LogP) is 1.38. The molecule has 0 unspecified atom stereocenters. The number of sulfonamides is 1. The summed E-state index contributed by atoms with van der Waals surface area (Å²) in [5, 5.41) is 2.95. The minimum atomic E-state index is -3.61. The van der Waals surface area contributed by atoms with Gasteiger partial charge >= 0.3 is 5.97 Å². The number of rotatable bonds is 7. The zero-order valence-electron chi connectivity index (χ0n) is 16.4. The van der Waals surface area contributed by atoms with Gasteiger partial charge in [-0.2, -0.15) is 0 Å². The topological polar surface area (TPSA) is 136 Å². The van der Waals surface area contributed by atoms with Crippen LogP contribution in [-0.2, 0) is 32.4 Å². The SMILES string of the molecule is CN(C)S(=O)(=O)c1ccc(C(=O)OCC(=O)Nc2sc3c(c2C(N)=O)CCC3)cc1. The number of primary amides is 1. The maximum atomic E-state index is 12.2. The Morgan fingerprint density at radius 2 is 1.83 bits per heavy atom. The molecule has 1 aliphatic carbocycles. The largest absolute Gasteiger partial charge is 0.452 e. The number of aryl methyl sites for hydroxylation is 1. The summed E-state index contributed by atoms with van der Waals surface area (Å²) in [6.07, 6.45) is 2.53. The molecule has 3 N–H and O–H groups in total. The van der Waals surface area contributed by atoms with Crippen LogP contribution < -0.4 is 11.1 Å². The van der Waals surface area contributed by atoms with E-state index in [1.807, 2.05) is 0 Å². The number of fused-ring (bicyclic) bond motifs is 1. The van der Waals surface area contributed by atoms with Crippen molar-refractivity contribution in [3.8, 4) is 0 Å². The van der Waals surface area contributed by atoms with E-state index in [2.05, 4.69) is 5.32 Å². The molecule has 160 valence electrons. The lowest BCUT2D eigenvalue weighted by Gasteiger charge is -2.11. The van der Waals surface area contributed by atoms with E-state index in [9.17, 15) is 22.8 Å². The van der Waals surface area contributed by atoms with Crippen LogP contribution in [-0.4, -0.2) is 51.2 Å². The second kappa shape index (κ2) is 8.54. The number of benzene rings is 1. The molecule has 1 aromatic heterocycles. The lowest BCUT2D eigenvalue weighted by Crippen LogP contribution is -2.23. The average molecular weight is 452 g/mol. The van der Waals surface area contributed by atoms with Gasteiger partial charge in [-0.05, 0) is 49.1 Å². The summed E-state index contributed by atoms with van der Waals surface area (Å²) in [5.41, 5.74) is 6.76. The first-order chi connectivity index (χ1) is 14.1. The minimum Gasteiger partial charge on any atom is -0.452 e. The number of anilines is 1. The van der Waals surface area contributed by atoms with Gasteiger partial charge < -0.3 is 15.8 Å². The van der Waals surface area contributed by atoms with Gasteiger partial charge in [0, 0.05) is 19.0 Å². The number of nitrogens with two attached hydrogens (primary N) is 1. The Hall–Kier alpha value is -2.76. The van der Waals surface area contributed by atoms with Gasteiger partial charge in [-0.15, -0.1) is 11.3 Å². The van der Waals surface area contributed by atoms with E-state index < -0.39 is 34.4 Å². The highest BCUT2D eigenvalue weighted by molar-refractivity contribution is 7.89. The summed E-state index contributed by atoms with van der Waals surface area (Å²) in [6.45, 7) is -0.558. The smallest absolute Gasteiger partial charge is 0.338 e. The third-order valence-corrected chi connectivity index (χ3v) is 7.66. The molecule has 0 atom stereocenters. The highest BCUT2D eigenvalue weighted by Crippen LogP contribution is 2.38. The van der Waals surface area contributed by atoms with Crippen LogP contribution in [0.3, 0.4) is 0 Å². The monoisotopic (exact) mass is 451 g/mol. The van der Waals surface area contributed by atoms with Gasteiger partial charge in [-0.25, -0.2) is 17.5 Å². The third-order valence-electron chi connectivity index (χ3n) is 4.62. The zero-order chi connectivity index (χ0) is 22.1. The minimum absolute atomic E-state index is 0.0338. The number of esters is 1. The Morgan fingerprint density at radius 1 is 1.17 bits per heavy atom. The molecule has 0 aliphatic heterocycles. The summed E-state index contributed by atoms with van der Waals surface area (Å²) in [7, 11) is -0.800. The van der Waals surface area contributed by atoms with Crippen molar-refractivity contribution in [2.75, 3.05) is 26.0 Å². The summed E-state index contributed by atoms with van der Waals surface area (Å²) in [6, 6.07) is 5.20. The first-order valence-corrected chi connectivity index (χ1v) is 11.3. The fourth-order valence-corrected chi connectivity index (χ4v) is 5.32. The van der Waals surface area contributed by atoms with Crippen LogP contribution in [0.4, 0.5) is 5.00 Å². The second-order valence-corrected chi connectivity index (χ2v) is 10.1. The maximum absolute atomic E-state index is 12.2. The van der Waals surface area contributed by atoms with Crippen LogP contribution in [0, 0.1) is 0 Å². The van der Waals surface area contributed by atoms with E-state index in [1.54, 1.807) is 0 Å². The van der Waals surface area contributed by atoms with Gasteiger partial charge in [-0.1, -0.05) is 0 Å². The molecular formula is C19H21N3O6S2. The van der Waals surface area contributed by atoms with Crippen LogP contribution in [0.1, 0.15) is 37.6 Å². The van der Waals surface area contributed by atoms with E-state index in [1.165, 1.54) is 49.7 Å². The van der Waals surface area contributed by atoms with Crippen molar-refractivity contribution in [3.05, 3.63) is 45.8 Å². The molecular weight excluding hydrogens is 430 g/mol. The molecule has 1 aliphatic rings. The van der Waals surface area contributed by atoms with Crippen LogP contribution in [0.25, 0.3) is 0 Å². The predicted molar refractivity (Wildman–Crippen MR) is 111 cm³/mol. The second-order valence-electron chi connectivity index (χ2n) is 6.86. The quantitative estimate of drug-likeness (QED) is 0.611. The molecule has 0 fully saturated rings.